The lowest BCUT2D eigenvalue weighted by atomic mass is 9.89. The van der Waals surface area contributed by atoms with Gasteiger partial charge in [0.05, 0.1) is 11.4 Å². The molecule has 266 valence electrons. The minimum absolute atomic E-state index is 0.899. The zero-order valence-electron chi connectivity index (χ0n) is 31.1. The van der Waals surface area contributed by atoms with Crippen LogP contribution in [0.1, 0.15) is 0 Å². The Morgan fingerprint density at radius 2 is 0.825 bits per heavy atom. The Morgan fingerprint density at radius 1 is 0.281 bits per heavy atom. The molecule has 2 nitrogen and oxygen atoms in total. The van der Waals surface area contributed by atoms with Crippen molar-refractivity contribution >= 4 is 43.5 Å². The van der Waals surface area contributed by atoms with Crippen molar-refractivity contribution in [3.8, 4) is 67.0 Å². The van der Waals surface area contributed by atoms with Gasteiger partial charge < -0.3 is 4.42 Å². The smallest absolute Gasteiger partial charge is 0.143 e. The monoisotopic (exact) mass is 725 g/mol. The number of furan rings is 1. The van der Waals surface area contributed by atoms with Crippen LogP contribution in [0.4, 0.5) is 0 Å². The Bertz CT molecular complexity index is 3290. The molecule has 0 fully saturated rings. The lowest BCUT2D eigenvalue weighted by molar-refractivity contribution is 0.670. The maximum atomic E-state index is 6.47. The topological polar surface area (TPSA) is 26.0 Å². The Morgan fingerprint density at radius 3 is 1.65 bits per heavy atom. The van der Waals surface area contributed by atoms with Crippen LogP contribution < -0.4 is 0 Å². The summed E-state index contributed by atoms with van der Waals surface area (Å²) in [7, 11) is 0. The second kappa shape index (κ2) is 13.6. The van der Waals surface area contributed by atoms with Gasteiger partial charge in [-0.25, -0.2) is 4.98 Å². The minimum Gasteiger partial charge on any atom is -0.455 e. The third-order valence-corrected chi connectivity index (χ3v) is 11.2. The van der Waals surface area contributed by atoms with Gasteiger partial charge in [0.25, 0.3) is 0 Å². The molecule has 0 bridgehead atoms. The zero-order chi connectivity index (χ0) is 37.7. The fraction of sp³-hybridized carbons (Fsp3) is 0. The first-order chi connectivity index (χ1) is 28.2. The number of hydrogen-bond donors (Lipinski definition) is 0. The highest BCUT2D eigenvalue weighted by molar-refractivity contribution is 6.14. The molecular formula is C55H35NO. The molecule has 0 aliphatic heterocycles. The van der Waals surface area contributed by atoms with Crippen molar-refractivity contribution in [2.75, 3.05) is 0 Å². The SMILES string of the molecule is c1ccc(-c2cc(-c3cc(-c4cccc(-c5cccc6c5oc5ccccc56)c4)cc(-c4ccccc4)n3)cc(-c3cc4ccccc4c4ccccc34)c2)cc1. The summed E-state index contributed by atoms with van der Waals surface area (Å²) in [5.74, 6) is 0. The molecule has 0 aliphatic carbocycles. The molecule has 0 unspecified atom stereocenters. The van der Waals surface area contributed by atoms with E-state index in [9.17, 15) is 0 Å². The van der Waals surface area contributed by atoms with E-state index in [1.54, 1.807) is 0 Å². The summed E-state index contributed by atoms with van der Waals surface area (Å²) >= 11 is 0. The fourth-order valence-corrected chi connectivity index (χ4v) is 8.46. The van der Waals surface area contributed by atoms with E-state index in [-0.39, 0.29) is 0 Å². The van der Waals surface area contributed by atoms with Crippen molar-refractivity contribution < 1.29 is 4.42 Å². The molecule has 9 aromatic carbocycles. The second-order valence-electron chi connectivity index (χ2n) is 14.7. The molecule has 0 amide bonds. The zero-order valence-corrected chi connectivity index (χ0v) is 31.1. The van der Waals surface area contributed by atoms with Crippen molar-refractivity contribution in [3.05, 3.63) is 212 Å². The standard InChI is InChI=1S/C55H35NO/c1-3-15-36(16-4-1)41-30-43(51-33-40-19-7-8-22-45(40)47-23-9-10-24-48(47)51)32-44(31-41)53-35-42(34-52(56-53)37-17-5-2-6-18-37)38-20-13-21-39(29-38)46-26-14-27-50-49-25-11-12-28-54(49)57-55(46)50/h1-35H. The maximum absolute atomic E-state index is 6.47. The molecule has 57 heavy (non-hydrogen) atoms. The first-order valence-electron chi connectivity index (χ1n) is 19.4. The van der Waals surface area contributed by atoms with Gasteiger partial charge in [0.1, 0.15) is 11.2 Å². The van der Waals surface area contributed by atoms with Gasteiger partial charge in [-0.15, -0.1) is 0 Å². The van der Waals surface area contributed by atoms with Gasteiger partial charge in [-0.1, -0.05) is 164 Å². The molecule has 0 atom stereocenters. The number of hydrogen-bond acceptors (Lipinski definition) is 2. The lowest BCUT2D eigenvalue weighted by Gasteiger charge is -2.16. The van der Waals surface area contributed by atoms with Crippen molar-refractivity contribution in [2.24, 2.45) is 0 Å². The van der Waals surface area contributed by atoms with Gasteiger partial charge in [-0.05, 0) is 109 Å². The number of benzene rings is 9. The van der Waals surface area contributed by atoms with Gasteiger partial charge in [0.2, 0.25) is 0 Å². The van der Waals surface area contributed by atoms with Crippen LogP contribution in [-0.4, -0.2) is 4.98 Å². The largest absolute Gasteiger partial charge is 0.455 e. The second-order valence-corrected chi connectivity index (χ2v) is 14.7. The molecule has 0 spiro atoms. The Hall–Kier alpha value is -7.55. The van der Waals surface area contributed by atoms with Gasteiger partial charge >= 0.3 is 0 Å². The highest BCUT2D eigenvalue weighted by atomic mass is 16.3. The summed E-state index contributed by atoms with van der Waals surface area (Å²) in [6, 6.07) is 75.9. The number of fused-ring (bicyclic) bond motifs is 6. The summed E-state index contributed by atoms with van der Waals surface area (Å²) < 4.78 is 6.47. The molecule has 2 heterocycles. The normalized spacial score (nSPS) is 11.5. The summed E-state index contributed by atoms with van der Waals surface area (Å²) in [4.78, 5) is 5.41. The Kier molecular flexibility index (Phi) is 7.86. The maximum Gasteiger partial charge on any atom is 0.143 e. The lowest BCUT2D eigenvalue weighted by Crippen LogP contribution is -1.93. The third-order valence-electron chi connectivity index (χ3n) is 11.2. The van der Waals surface area contributed by atoms with Crippen LogP contribution in [0.5, 0.6) is 0 Å². The molecule has 0 N–H and O–H groups in total. The van der Waals surface area contributed by atoms with Gasteiger partial charge in [-0.2, -0.15) is 0 Å². The van der Waals surface area contributed by atoms with Crippen molar-refractivity contribution in [2.45, 2.75) is 0 Å². The number of para-hydroxylation sites is 2. The Balaban J connectivity index is 1.12. The number of pyridine rings is 1. The predicted molar refractivity (Wildman–Crippen MR) is 239 cm³/mol. The summed E-state index contributed by atoms with van der Waals surface area (Å²) in [5, 5.41) is 7.22. The van der Waals surface area contributed by atoms with Crippen LogP contribution in [-0.2, 0) is 0 Å². The van der Waals surface area contributed by atoms with Gasteiger partial charge in [-0.3, -0.25) is 0 Å². The Labute approximate surface area is 331 Å². The van der Waals surface area contributed by atoms with Gasteiger partial charge in [0, 0.05) is 27.5 Å². The summed E-state index contributed by atoms with van der Waals surface area (Å²) in [6.45, 7) is 0. The van der Waals surface area contributed by atoms with E-state index in [4.69, 9.17) is 9.40 Å². The fourth-order valence-electron chi connectivity index (χ4n) is 8.46. The van der Waals surface area contributed by atoms with Crippen molar-refractivity contribution in [3.63, 3.8) is 0 Å². The van der Waals surface area contributed by atoms with Crippen LogP contribution >= 0.6 is 0 Å². The molecule has 0 aliphatic rings. The first-order valence-corrected chi connectivity index (χ1v) is 19.4. The predicted octanol–water partition coefficient (Wildman–Crippen LogP) is 15.3. The van der Waals surface area contributed by atoms with E-state index in [1.807, 2.05) is 12.1 Å². The van der Waals surface area contributed by atoms with Crippen LogP contribution in [0.3, 0.4) is 0 Å². The minimum atomic E-state index is 0.899. The molecule has 0 saturated heterocycles. The number of nitrogens with zero attached hydrogens (tertiary/aromatic N) is 1. The van der Waals surface area contributed by atoms with E-state index >= 15 is 0 Å². The van der Waals surface area contributed by atoms with E-state index in [1.165, 1.54) is 27.1 Å². The van der Waals surface area contributed by atoms with E-state index in [0.29, 0.717) is 0 Å². The van der Waals surface area contributed by atoms with Crippen LogP contribution in [0, 0.1) is 0 Å². The molecule has 11 aromatic rings. The summed E-state index contributed by atoms with van der Waals surface area (Å²) in [6.07, 6.45) is 0. The molecule has 11 rings (SSSR count). The molecular weight excluding hydrogens is 691 g/mol. The van der Waals surface area contributed by atoms with Crippen molar-refractivity contribution in [1.82, 2.24) is 4.98 Å². The number of rotatable bonds is 6. The van der Waals surface area contributed by atoms with E-state index < -0.39 is 0 Å². The average molecular weight is 726 g/mol. The summed E-state index contributed by atoms with van der Waals surface area (Å²) in [5.41, 5.74) is 14.8. The number of aromatic nitrogens is 1. The van der Waals surface area contributed by atoms with Crippen LogP contribution in [0.15, 0.2) is 217 Å². The molecule has 0 radical (unpaired) electrons. The highest BCUT2D eigenvalue weighted by Gasteiger charge is 2.17. The van der Waals surface area contributed by atoms with E-state index in [0.717, 1.165) is 83.4 Å². The average Bonchev–Trinajstić information content (AvgIpc) is 3.68. The van der Waals surface area contributed by atoms with E-state index in [2.05, 4.69) is 200 Å². The highest BCUT2D eigenvalue weighted by Crippen LogP contribution is 2.41. The third kappa shape index (κ3) is 5.87. The molecule has 2 heteroatoms. The quantitative estimate of drug-likeness (QED) is 0.160. The van der Waals surface area contributed by atoms with Crippen molar-refractivity contribution in [1.29, 1.82) is 0 Å². The molecule has 2 aromatic heterocycles. The van der Waals surface area contributed by atoms with Crippen LogP contribution in [0.25, 0.3) is 111 Å². The van der Waals surface area contributed by atoms with Gasteiger partial charge in [0.15, 0.2) is 0 Å². The first kappa shape index (κ1) is 32.8. The van der Waals surface area contributed by atoms with Crippen LogP contribution in [0.2, 0.25) is 0 Å². The molecule has 0 saturated carbocycles.